The molecular weight excluding hydrogens is 360 g/mol. The summed E-state index contributed by atoms with van der Waals surface area (Å²) in [6.45, 7) is 0. The molecule has 0 unspecified atom stereocenters. The lowest BCUT2D eigenvalue weighted by Crippen LogP contribution is -1.90. The molecule has 0 N–H and O–H groups in total. The summed E-state index contributed by atoms with van der Waals surface area (Å²) in [5, 5.41) is 7.78. The third kappa shape index (κ3) is 2.62. The van der Waals surface area contributed by atoms with Crippen LogP contribution in [-0.4, -0.2) is 0 Å². The van der Waals surface area contributed by atoms with Gasteiger partial charge in [-0.15, -0.1) is 0 Å². The fraction of sp³-hybridized carbons (Fsp3) is 0. The molecule has 140 valence electrons. The van der Waals surface area contributed by atoms with Gasteiger partial charge in [-0.25, -0.2) is 0 Å². The van der Waals surface area contributed by atoms with Gasteiger partial charge < -0.3 is 0 Å². The fourth-order valence-corrected chi connectivity index (χ4v) is 4.69. The van der Waals surface area contributed by atoms with E-state index in [1.54, 1.807) is 0 Å². The third-order valence-corrected chi connectivity index (χ3v) is 6.02. The van der Waals surface area contributed by atoms with Gasteiger partial charge in [0.2, 0.25) is 0 Å². The van der Waals surface area contributed by atoms with Crippen molar-refractivity contribution in [1.29, 1.82) is 0 Å². The molecule has 30 heavy (non-hydrogen) atoms. The van der Waals surface area contributed by atoms with Gasteiger partial charge in [-0.1, -0.05) is 109 Å². The number of hydrogen-bond acceptors (Lipinski definition) is 0. The molecule has 0 fully saturated rings. The molecule has 0 bridgehead atoms. The summed E-state index contributed by atoms with van der Waals surface area (Å²) in [6.07, 6.45) is 0. The van der Waals surface area contributed by atoms with E-state index in [0.717, 1.165) is 0 Å². The van der Waals surface area contributed by atoms with Crippen LogP contribution in [0, 0.1) is 0 Å². The first kappa shape index (κ1) is 17.0. The molecule has 6 aromatic carbocycles. The van der Waals surface area contributed by atoms with Gasteiger partial charge in [0.15, 0.2) is 0 Å². The zero-order chi connectivity index (χ0) is 19.9. The second-order valence-electron chi connectivity index (χ2n) is 7.77. The molecule has 0 nitrogen and oxygen atoms in total. The van der Waals surface area contributed by atoms with Crippen LogP contribution in [0.5, 0.6) is 0 Å². The molecule has 0 aliphatic carbocycles. The molecule has 0 atom stereocenters. The van der Waals surface area contributed by atoms with Crippen molar-refractivity contribution in [3.63, 3.8) is 0 Å². The minimum absolute atomic E-state index is 1.25. The van der Waals surface area contributed by atoms with Gasteiger partial charge in [-0.3, -0.25) is 0 Å². The van der Waals surface area contributed by atoms with E-state index in [9.17, 15) is 0 Å². The molecule has 0 aliphatic heterocycles. The summed E-state index contributed by atoms with van der Waals surface area (Å²) in [6, 6.07) is 43.8. The summed E-state index contributed by atoms with van der Waals surface area (Å²) in [5.74, 6) is 0. The monoisotopic (exact) mass is 380 g/mol. The second-order valence-corrected chi connectivity index (χ2v) is 7.77. The van der Waals surface area contributed by atoms with Gasteiger partial charge in [0.1, 0.15) is 0 Å². The Balaban J connectivity index is 1.92. The number of rotatable bonds is 2. The fourth-order valence-electron chi connectivity index (χ4n) is 4.69. The van der Waals surface area contributed by atoms with Crippen LogP contribution in [0.4, 0.5) is 0 Å². The lowest BCUT2D eigenvalue weighted by Gasteiger charge is -2.18. The molecule has 0 saturated carbocycles. The Morgan fingerprint density at radius 3 is 1.60 bits per heavy atom. The maximum Gasteiger partial charge on any atom is -0.00139 e. The molecule has 0 radical (unpaired) electrons. The normalized spacial score (nSPS) is 11.3. The molecule has 0 aliphatic rings. The van der Waals surface area contributed by atoms with Crippen LogP contribution >= 0.6 is 0 Å². The van der Waals surface area contributed by atoms with Gasteiger partial charge in [-0.2, -0.15) is 0 Å². The zero-order valence-corrected chi connectivity index (χ0v) is 16.5. The Labute approximate surface area is 176 Å². The standard InChI is InChI=1S/C30H20/c1-3-11-21(12-4-1)27-19-23-15-7-9-17-25(23)28-20-24-16-8-10-18-26(24)29(30(27)28)22-13-5-2-6-14-22/h1-20H. The number of hydrogen-bond donors (Lipinski definition) is 0. The van der Waals surface area contributed by atoms with E-state index in [2.05, 4.69) is 121 Å². The molecule has 0 heterocycles. The van der Waals surface area contributed by atoms with Crippen LogP contribution in [0.2, 0.25) is 0 Å². The van der Waals surface area contributed by atoms with E-state index < -0.39 is 0 Å². The average molecular weight is 380 g/mol. The summed E-state index contributed by atoms with van der Waals surface area (Å²) in [4.78, 5) is 0. The molecule has 0 aromatic heterocycles. The Morgan fingerprint density at radius 2 is 0.900 bits per heavy atom. The highest BCUT2D eigenvalue weighted by Crippen LogP contribution is 2.44. The molecule has 0 amide bonds. The minimum atomic E-state index is 1.25. The molecule has 0 spiro atoms. The minimum Gasteiger partial charge on any atom is -0.0622 e. The van der Waals surface area contributed by atoms with Crippen molar-refractivity contribution < 1.29 is 0 Å². The van der Waals surface area contributed by atoms with E-state index in [0.29, 0.717) is 0 Å². The van der Waals surface area contributed by atoms with Gasteiger partial charge in [-0.05, 0) is 66.7 Å². The van der Waals surface area contributed by atoms with E-state index >= 15 is 0 Å². The maximum atomic E-state index is 2.37. The molecular formula is C30H20. The van der Waals surface area contributed by atoms with E-state index in [-0.39, 0.29) is 0 Å². The van der Waals surface area contributed by atoms with Crippen molar-refractivity contribution in [3.8, 4) is 22.3 Å². The average Bonchev–Trinajstić information content (AvgIpc) is 2.83. The number of fused-ring (bicyclic) bond motifs is 4. The smallest absolute Gasteiger partial charge is 0.00139 e. The van der Waals surface area contributed by atoms with Crippen LogP contribution < -0.4 is 0 Å². The van der Waals surface area contributed by atoms with Gasteiger partial charge in [0, 0.05) is 0 Å². The lowest BCUT2D eigenvalue weighted by atomic mass is 9.85. The van der Waals surface area contributed by atoms with Gasteiger partial charge >= 0.3 is 0 Å². The summed E-state index contributed by atoms with van der Waals surface area (Å²) < 4.78 is 0. The molecule has 0 saturated heterocycles. The van der Waals surface area contributed by atoms with Gasteiger partial charge in [0.25, 0.3) is 0 Å². The Kier molecular flexibility index (Phi) is 3.89. The van der Waals surface area contributed by atoms with Crippen LogP contribution in [0.3, 0.4) is 0 Å². The second kappa shape index (κ2) is 6.86. The summed E-state index contributed by atoms with van der Waals surface area (Å²) >= 11 is 0. The van der Waals surface area contributed by atoms with Crippen molar-refractivity contribution in [1.82, 2.24) is 0 Å². The first-order valence-corrected chi connectivity index (χ1v) is 10.4. The van der Waals surface area contributed by atoms with Crippen molar-refractivity contribution in [2.24, 2.45) is 0 Å². The molecule has 0 heteroatoms. The largest absolute Gasteiger partial charge is 0.0622 e. The quantitative estimate of drug-likeness (QED) is 0.209. The van der Waals surface area contributed by atoms with Crippen molar-refractivity contribution >= 4 is 32.3 Å². The highest BCUT2D eigenvalue weighted by atomic mass is 14.2. The van der Waals surface area contributed by atoms with E-state index in [1.165, 1.54) is 54.6 Å². The Morgan fingerprint density at radius 1 is 0.367 bits per heavy atom. The predicted molar refractivity (Wildman–Crippen MR) is 130 cm³/mol. The third-order valence-electron chi connectivity index (χ3n) is 6.02. The zero-order valence-electron chi connectivity index (χ0n) is 16.5. The van der Waals surface area contributed by atoms with Crippen molar-refractivity contribution in [2.45, 2.75) is 0 Å². The highest BCUT2D eigenvalue weighted by Gasteiger charge is 2.16. The summed E-state index contributed by atoms with van der Waals surface area (Å²) in [7, 11) is 0. The molecule has 6 rings (SSSR count). The van der Waals surface area contributed by atoms with E-state index in [1.807, 2.05) is 0 Å². The first-order valence-electron chi connectivity index (χ1n) is 10.4. The Hall–Kier alpha value is -3.90. The van der Waals surface area contributed by atoms with Crippen LogP contribution in [0.1, 0.15) is 0 Å². The topological polar surface area (TPSA) is 0 Å². The highest BCUT2D eigenvalue weighted by molar-refractivity contribution is 6.24. The lowest BCUT2D eigenvalue weighted by molar-refractivity contribution is 1.65. The maximum absolute atomic E-state index is 2.37. The predicted octanol–water partition coefficient (Wildman–Crippen LogP) is 8.48. The van der Waals surface area contributed by atoms with Crippen LogP contribution in [-0.2, 0) is 0 Å². The van der Waals surface area contributed by atoms with Crippen molar-refractivity contribution in [3.05, 3.63) is 121 Å². The first-order chi connectivity index (χ1) is 14.9. The number of benzene rings is 6. The summed E-state index contributed by atoms with van der Waals surface area (Å²) in [5.41, 5.74) is 5.11. The van der Waals surface area contributed by atoms with Gasteiger partial charge in [0.05, 0.1) is 0 Å². The SMILES string of the molecule is c1ccc(-c2cc3ccccc3c3cc4ccccc4c(-c4ccccc4)c23)cc1. The Bertz CT molecular complexity index is 1510. The molecule has 6 aromatic rings. The van der Waals surface area contributed by atoms with Crippen LogP contribution in [0.25, 0.3) is 54.6 Å². The van der Waals surface area contributed by atoms with Crippen molar-refractivity contribution in [2.75, 3.05) is 0 Å². The van der Waals surface area contributed by atoms with E-state index in [4.69, 9.17) is 0 Å². The van der Waals surface area contributed by atoms with Crippen LogP contribution in [0.15, 0.2) is 121 Å².